The smallest absolute Gasteiger partial charge is 0.256 e. The summed E-state index contributed by atoms with van der Waals surface area (Å²) >= 11 is 0. The molecule has 3 heterocycles. The number of tetrazole rings is 2. The van der Waals surface area contributed by atoms with E-state index in [1.807, 2.05) is 48.5 Å². The summed E-state index contributed by atoms with van der Waals surface area (Å²) < 4.78 is 4.82. The van der Waals surface area contributed by atoms with E-state index in [4.69, 9.17) is 30.8 Å². The lowest BCUT2D eigenvalue weighted by molar-refractivity contribution is -0.695. The molecular weight excluding hydrogens is 1100 g/mol. The first-order valence-electron chi connectivity index (χ1n) is 28.5. The van der Waals surface area contributed by atoms with Gasteiger partial charge in [0.05, 0.1) is 0 Å². The first-order chi connectivity index (χ1) is 41.1. The first kappa shape index (κ1) is 54.6. The summed E-state index contributed by atoms with van der Waals surface area (Å²) in [5.41, 5.74) is 13.0. The minimum absolute atomic E-state index is 0. The molecule has 410 valence electrons. The van der Waals surface area contributed by atoms with Crippen LogP contribution < -0.4 is 21.5 Å². The van der Waals surface area contributed by atoms with Crippen LogP contribution >= 0.6 is 0 Å². The summed E-state index contributed by atoms with van der Waals surface area (Å²) in [6, 6.07) is 97.3. The lowest BCUT2D eigenvalue weighted by Crippen LogP contribution is -3.00. The van der Waals surface area contributed by atoms with Crippen LogP contribution in [-0.2, 0) is 30.6 Å². The van der Waals surface area contributed by atoms with Gasteiger partial charge in [-0.15, -0.1) is 30.0 Å². The van der Waals surface area contributed by atoms with Gasteiger partial charge in [-0.05, 0) is 83.6 Å². The second-order valence-electron chi connectivity index (χ2n) is 21.0. The fourth-order valence-electron chi connectivity index (χ4n) is 11.9. The molecule has 10 nitrogen and oxygen atoms in total. The van der Waals surface area contributed by atoms with Crippen LogP contribution in [0.4, 0.5) is 0 Å². The largest absolute Gasteiger partial charge is 1.00 e. The van der Waals surface area contributed by atoms with Crippen LogP contribution in [0.3, 0.4) is 0 Å². The minimum Gasteiger partial charge on any atom is -1.00 e. The normalized spacial score (nSPS) is 11.5. The molecule has 0 aliphatic carbocycles. The standard InChI is InChI=1S/C73H61N10.BrH/c1-2-3-42-69-80(53-55-43-47-57(48-44-55)65-38-22-24-40-67(65)70-74-78-82(76-70)72(59-26-10-4-11-27-59,60-28-12-5-13-29-60)61-30-14-6-15-31-61)51-52-81(69)54-56-45-49-58(50-46-56)66-39-23-25-41-68(66)71-75-79-83(77-71)73(62-32-16-7-17-33-62,63-34-18-8-19-35-63)64-36-20-9-21-37-64;/h4-41,43-52H,2-3,42,53-54H2,1H3;1H/q+1;/p-1. The van der Waals surface area contributed by atoms with Gasteiger partial charge in [-0.2, -0.15) is 0 Å². The van der Waals surface area contributed by atoms with Crippen LogP contribution in [0.1, 0.15) is 70.1 Å². The number of hydrogen-bond donors (Lipinski definition) is 0. The van der Waals surface area contributed by atoms with Gasteiger partial charge < -0.3 is 17.0 Å². The number of benzene rings is 10. The number of halogens is 1. The fraction of sp³-hybridized carbons (Fsp3) is 0.110. The number of nitrogens with zero attached hydrogens (tertiary/aromatic N) is 10. The molecule has 0 bridgehead atoms. The molecule has 0 fully saturated rings. The van der Waals surface area contributed by atoms with E-state index in [1.54, 1.807) is 9.59 Å². The van der Waals surface area contributed by atoms with E-state index >= 15 is 0 Å². The second kappa shape index (κ2) is 24.6. The highest BCUT2D eigenvalue weighted by atomic mass is 79.9. The summed E-state index contributed by atoms with van der Waals surface area (Å²) in [4.78, 5) is 3.58. The highest BCUT2D eigenvalue weighted by Gasteiger charge is 2.43. The van der Waals surface area contributed by atoms with Crippen molar-refractivity contribution in [1.82, 2.24) is 45.0 Å². The Morgan fingerprint density at radius 1 is 0.381 bits per heavy atom. The summed E-state index contributed by atoms with van der Waals surface area (Å²) in [7, 11) is 0. The number of unbranched alkanes of at least 4 members (excludes halogenated alkanes) is 1. The molecule has 0 amide bonds. The van der Waals surface area contributed by atoms with Crippen molar-refractivity contribution in [3.05, 3.63) is 342 Å². The van der Waals surface area contributed by atoms with Gasteiger partial charge in [0.1, 0.15) is 25.5 Å². The Hall–Kier alpha value is -9.97. The van der Waals surface area contributed by atoms with E-state index in [0.29, 0.717) is 11.6 Å². The van der Waals surface area contributed by atoms with E-state index in [-0.39, 0.29) is 17.0 Å². The Bertz CT molecular complexity index is 3760. The molecule has 10 aromatic carbocycles. The molecule has 0 radical (unpaired) electrons. The molecule has 3 aromatic heterocycles. The summed E-state index contributed by atoms with van der Waals surface area (Å²) in [6.45, 7) is 3.76. The summed E-state index contributed by atoms with van der Waals surface area (Å²) in [6.07, 6.45) is 7.64. The maximum Gasteiger partial charge on any atom is 0.256 e. The number of hydrogen-bond acceptors (Lipinski definition) is 6. The molecule has 13 aromatic rings. The van der Waals surface area contributed by atoms with E-state index in [2.05, 4.69) is 259 Å². The Morgan fingerprint density at radius 3 is 1.07 bits per heavy atom. The van der Waals surface area contributed by atoms with Gasteiger partial charge in [0.15, 0.2) is 11.1 Å². The van der Waals surface area contributed by atoms with Crippen LogP contribution in [0.2, 0.25) is 0 Å². The van der Waals surface area contributed by atoms with Gasteiger partial charge in [-0.25, -0.2) is 9.13 Å². The van der Waals surface area contributed by atoms with Crippen LogP contribution in [0.15, 0.2) is 291 Å². The minimum atomic E-state index is -0.870. The van der Waals surface area contributed by atoms with Gasteiger partial charge in [-0.3, -0.25) is 0 Å². The van der Waals surface area contributed by atoms with Crippen molar-refractivity contribution >= 4 is 0 Å². The maximum absolute atomic E-state index is 5.25. The quantitative estimate of drug-likeness (QED) is 0.0591. The Balaban J connectivity index is 0.00000694. The molecule has 84 heavy (non-hydrogen) atoms. The molecule has 0 saturated heterocycles. The molecule has 11 heteroatoms. The lowest BCUT2D eigenvalue weighted by Gasteiger charge is -2.34. The van der Waals surface area contributed by atoms with E-state index in [0.717, 1.165) is 99.1 Å². The molecule has 0 saturated carbocycles. The van der Waals surface area contributed by atoms with E-state index in [9.17, 15) is 0 Å². The maximum atomic E-state index is 5.25. The van der Waals surface area contributed by atoms with Crippen LogP contribution in [0.25, 0.3) is 45.0 Å². The fourth-order valence-corrected chi connectivity index (χ4v) is 11.9. The third kappa shape index (κ3) is 10.4. The monoisotopic (exact) mass is 1160 g/mol. The zero-order valence-corrected chi connectivity index (χ0v) is 48.2. The predicted octanol–water partition coefficient (Wildman–Crippen LogP) is 11.5. The molecule has 0 aliphatic rings. The van der Waals surface area contributed by atoms with Crippen molar-refractivity contribution in [3.63, 3.8) is 0 Å². The average Bonchev–Trinajstić information content (AvgIpc) is 2.48. The third-order valence-electron chi connectivity index (χ3n) is 16.0. The molecule has 0 spiro atoms. The molecular formula is C73H61BrN10. The molecule has 0 atom stereocenters. The van der Waals surface area contributed by atoms with Crippen molar-refractivity contribution in [2.75, 3.05) is 0 Å². The number of rotatable bonds is 19. The summed E-state index contributed by atoms with van der Waals surface area (Å²) in [5, 5.41) is 29.8. The second-order valence-corrected chi connectivity index (χ2v) is 21.0. The Labute approximate surface area is 500 Å². The first-order valence-corrected chi connectivity index (χ1v) is 28.5. The van der Waals surface area contributed by atoms with Gasteiger partial charge in [-0.1, -0.05) is 292 Å². The van der Waals surface area contributed by atoms with Gasteiger partial charge >= 0.3 is 0 Å². The predicted molar refractivity (Wildman–Crippen MR) is 328 cm³/mol. The molecule has 13 rings (SSSR count). The van der Waals surface area contributed by atoms with Gasteiger partial charge in [0.25, 0.3) is 5.82 Å². The van der Waals surface area contributed by atoms with Crippen molar-refractivity contribution in [2.24, 2.45) is 0 Å². The van der Waals surface area contributed by atoms with Crippen molar-refractivity contribution in [3.8, 4) is 45.0 Å². The highest BCUT2D eigenvalue weighted by molar-refractivity contribution is 5.81. The average molecular weight is 1160 g/mol. The van der Waals surface area contributed by atoms with E-state index < -0.39 is 11.1 Å². The Morgan fingerprint density at radius 2 is 0.714 bits per heavy atom. The topological polar surface area (TPSA) is 96.0 Å². The highest BCUT2D eigenvalue weighted by Crippen LogP contribution is 2.42. The zero-order valence-electron chi connectivity index (χ0n) is 46.6. The van der Waals surface area contributed by atoms with Crippen molar-refractivity contribution in [2.45, 2.75) is 50.4 Å². The summed E-state index contributed by atoms with van der Waals surface area (Å²) in [5.74, 6) is 2.41. The molecule has 0 unspecified atom stereocenters. The van der Waals surface area contributed by atoms with E-state index in [1.165, 1.54) is 17.0 Å². The van der Waals surface area contributed by atoms with Gasteiger partial charge in [0, 0.05) is 17.5 Å². The van der Waals surface area contributed by atoms with Crippen molar-refractivity contribution < 1.29 is 21.5 Å². The SMILES string of the molecule is CCCCc1n(Cc2ccc(-c3ccccc3-c3nnn(C(c4ccccc4)(c4ccccc4)c4ccccc4)n3)cc2)cc[n+]1Cc1ccc(-c2ccccc2-c2nnn(C(c3ccccc3)(c3ccccc3)c3ccccc3)n2)cc1.[Br-]. The van der Waals surface area contributed by atoms with Crippen LogP contribution in [0.5, 0.6) is 0 Å². The third-order valence-corrected chi connectivity index (χ3v) is 16.0. The van der Waals surface area contributed by atoms with Gasteiger partial charge in [0.2, 0.25) is 11.6 Å². The van der Waals surface area contributed by atoms with Crippen LogP contribution in [-0.4, -0.2) is 45.0 Å². The van der Waals surface area contributed by atoms with Crippen molar-refractivity contribution in [1.29, 1.82) is 0 Å². The number of imidazole rings is 1. The van der Waals surface area contributed by atoms with Crippen LogP contribution in [0, 0.1) is 0 Å². The number of aromatic nitrogens is 10. The Kier molecular flexibility index (Phi) is 16.0. The lowest BCUT2D eigenvalue weighted by atomic mass is 9.77. The molecule has 0 N–H and O–H groups in total. The molecule has 0 aliphatic heterocycles. The zero-order chi connectivity index (χ0) is 55.8.